The van der Waals surface area contributed by atoms with Crippen LogP contribution in [0, 0.1) is 5.95 Å². The number of rotatable bonds is 3. The molecule has 1 heterocycles. The molecule has 2 rings (SSSR count). The van der Waals surface area contributed by atoms with Gasteiger partial charge in [0, 0.05) is 13.6 Å². The molecule has 0 fully saturated rings. The van der Waals surface area contributed by atoms with Crippen molar-refractivity contribution in [2.24, 2.45) is 0 Å². The minimum Gasteiger partial charge on any atom is -0.355 e. The second-order valence-corrected chi connectivity index (χ2v) is 3.66. The van der Waals surface area contributed by atoms with Crippen LogP contribution in [0.4, 0.5) is 10.2 Å². The summed E-state index contributed by atoms with van der Waals surface area (Å²) in [5.41, 5.74) is 1.18. The molecule has 0 N–H and O–H groups in total. The third-order valence-corrected chi connectivity index (χ3v) is 2.35. The third-order valence-electron chi connectivity index (χ3n) is 2.35. The molecule has 2 aromatic rings. The highest BCUT2D eigenvalue weighted by atomic mass is 19.1. The number of hydrogen-bond acceptors (Lipinski definition) is 2. The van der Waals surface area contributed by atoms with E-state index in [4.69, 9.17) is 0 Å². The molecule has 2 nitrogen and oxygen atoms in total. The number of hydrogen-bond donors (Lipinski definition) is 0. The molecule has 0 spiro atoms. The van der Waals surface area contributed by atoms with Crippen molar-refractivity contribution in [2.45, 2.75) is 6.54 Å². The molecule has 0 aliphatic carbocycles. The molecular formula is C13H13FN2. The minimum atomic E-state index is -0.447. The van der Waals surface area contributed by atoms with Gasteiger partial charge in [0.2, 0.25) is 5.95 Å². The van der Waals surface area contributed by atoms with Crippen LogP contribution in [0.1, 0.15) is 5.56 Å². The van der Waals surface area contributed by atoms with E-state index in [2.05, 4.69) is 4.98 Å². The lowest BCUT2D eigenvalue weighted by molar-refractivity contribution is 0.582. The summed E-state index contributed by atoms with van der Waals surface area (Å²) in [6, 6.07) is 14.8. The summed E-state index contributed by atoms with van der Waals surface area (Å²) in [7, 11) is 1.90. The van der Waals surface area contributed by atoms with Gasteiger partial charge in [0.25, 0.3) is 0 Å². The fourth-order valence-corrected chi connectivity index (χ4v) is 1.55. The van der Waals surface area contributed by atoms with Crippen LogP contribution in [-0.4, -0.2) is 12.0 Å². The van der Waals surface area contributed by atoms with Crippen LogP contribution in [-0.2, 0) is 6.54 Å². The smallest absolute Gasteiger partial charge is 0.214 e. The van der Waals surface area contributed by atoms with E-state index in [-0.39, 0.29) is 0 Å². The first-order chi connectivity index (χ1) is 7.75. The summed E-state index contributed by atoms with van der Waals surface area (Å²) >= 11 is 0. The van der Waals surface area contributed by atoms with Gasteiger partial charge in [0.15, 0.2) is 0 Å². The molecule has 3 heteroatoms. The van der Waals surface area contributed by atoms with Crippen molar-refractivity contribution in [1.29, 1.82) is 0 Å². The summed E-state index contributed by atoms with van der Waals surface area (Å²) in [4.78, 5) is 5.74. The van der Waals surface area contributed by atoms with E-state index < -0.39 is 5.95 Å². The summed E-state index contributed by atoms with van der Waals surface area (Å²) in [5, 5.41) is 0. The van der Waals surface area contributed by atoms with Crippen LogP contribution in [0.2, 0.25) is 0 Å². The lowest BCUT2D eigenvalue weighted by Gasteiger charge is -2.17. The van der Waals surface area contributed by atoms with E-state index in [1.54, 1.807) is 12.1 Å². The van der Waals surface area contributed by atoms with Crippen molar-refractivity contribution in [3.05, 3.63) is 60.0 Å². The standard InChI is InChI=1S/C13H13FN2/c1-16(10-11-6-3-2-4-7-11)13-9-5-8-12(14)15-13/h2-9H,10H2,1H3. The lowest BCUT2D eigenvalue weighted by atomic mass is 10.2. The second kappa shape index (κ2) is 4.75. The van der Waals surface area contributed by atoms with Crippen LogP contribution < -0.4 is 4.90 Å². The van der Waals surface area contributed by atoms with Crippen LogP contribution in [0.3, 0.4) is 0 Å². The summed E-state index contributed by atoms with van der Waals surface area (Å²) in [5.74, 6) is 0.196. The van der Waals surface area contributed by atoms with Crippen molar-refractivity contribution >= 4 is 5.82 Å². The van der Waals surface area contributed by atoms with E-state index in [0.29, 0.717) is 5.82 Å². The quantitative estimate of drug-likeness (QED) is 0.733. The number of nitrogens with zero attached hydrogens (tertiary/aromatic N) is 2. The Hall–Kier alpha value is -1.90. The first kappa shape index (κ1) is 10.6. The molecule has 0 radical (unpaired) electrons. The Morgan fingerprint density at radius 3 is 2.50 bits per heavy atom. The molecule has 0 aliphatic heterocycles. The normalized spacial score (nSPS) is 10.1. The molecule has 0 unspecified atom stereocenters. The Balaban J connectivity index is 2.12. The van der Waals surface area contributed by atoms with E-state index in [1.807, 2.05) is 42.3 Å². The van der Waals surface area contributed by atoms with Crippen molar-refractivity contribution in [3.63, 3.8) is 0 Å². The monoisotopic (exact) mass is 216 g/mol. The number of pyridine rings is 1. The van der Waals surface area contributed by atoms with E-state index >= 15 is 0 Å². The Morgan fingerprint density at radius 2 is 1.81 bits per heavy atom. The van der Waals surface area contributed by atoms with Crippen LogP contribution in [0.15, 0.2) is 48.5 Å². The van der Waals surface area contributed by atoms with Gasteiger partial charge >= 0.3 is 0 Å². The second-order valence-electron chi connectivity index (χ2n) is 3.66. The summed E-state index contributed by atoms with van der Waals surface area (Å²) in [6.45, 7) is 0.720. The molecule has 0 amide bonds. The molecule has 0 bridgehead atoms. The highest BCUT2D eigenvalue weighted by Crippen LogP contribution is 2.12. The number of halogens is 1. The van der Waals surface area contributed by atoms with Gasteiger partial charge in [-0.05, 0) is 17.7 Å². The molecule has 0 atom stereocenters. The van der Waals surface area contributed by atoms with Crippen LogP contribution in [0.5, 0.6) is 0 Å². The van der Waals surface area contributed by atoms with Gasteiger partial charge in [-0.15, -0.1) is 0 Å². The zero-order chi connectivity index (χ0) is 11.4. The van der Waals surface area contributed by atoms with Gasteiger partial charge in [-0.25, -0.2) is 4.98 Å². The SMILES string of the molecule is CN(Cc1ccccc1)c1cccc(F)n1. The number of anilines is 1. The predicted molar refractivity (Wildman–Crippen MR) is 62.7 cm³/mol. The first-order valence-corrected chi connectivity index (χ1v) is 5.13. The summed E-state index contributed by atoms with van der Waals surface area (Å²) < 4.78 is 12.9. The predicted octanol–water partition coefficient (Wildman–Crippen LogP) is 2.86. The zero-order valence-corrected chi connectivity index (χ0v) is 9.10. The van der Waals surface area contributed by atoms with Crippen molar-refractivity contribution < 1.29 is 4.39 Å². The fraction of sp³-hybridized carbons (Fsp3) is 0.154. The van der Waals surface area contributed by atoms with E-state index in [9.17, 15) is 4.39 Å². The van der Waals surface area contributed by atoms with Crippen molar-refractivity contribution in [1.82, 2.24) is 4.98 Å². The largest absolute Gasteiger partial charge is 0.355 e. The van der Waals surface area contributed by atoms with Gasteiger partial charge in [-0.1, -0.05) is 36.4 Å². The van der Waals surface area contributed by atoms with Gasteiger partial charge in [0.1, 0.15) is 5.82 Å². The van der Waals surface area contributed by atoms with Crippen molar-refractivity contribution in [3.8, 4) is 0 Å². The van der Waals surface area contributed by atoms with Gasteiger partial charge in [-0.3, -0.25) is 0 Å². The Labute approximate surface area is 94.4 Å². The number of aromatic nitrogens is 1. The van der Waals surface area contributed by atoms with Crippen molar-refractivity contribution in [2.75, 3.05) is 11.9 Å². The Morgan fingerprint density at radius 1 is 1.06 bits per heavy atom. The van der Waals surface area contributed by atoms with Gasteiger partial charge < -0.3 is 4.90 Å². The highest BCUT2D eigenvalue weighted by molar-refractivity contribution is 5.38. The average molecular weight is 216 g/mol. The van der Waals surface area contributed by atoms with E-state index in [1.165, 1.54) is 11.6 Å². The molecule has 82 valence electrons. The maximum Gasteiger partial charge on any atom is 0.214 e. The summed E-state index contributed by atoms with van der Waals surface area (Å²) in [6.07, 6.45) is 0. The van der Waals surface area contributed by atoms with E-state index in [0.717, 1.165) is 6.54 Å². The minimum absolute atomic E-state index is 0.447. The molecular weight excluding hydrogens is 203 g/mol. The fourth-order valence-electron chi connectivity index (χ4n) is 1.55. The topological polar surface area (TPSA) is 16.1 Å². The molecule has 1 aromatic carbocycles. The first-order valence-electron chi connectivity index (χ1n) is 5.13. The van der Waals surface area contributed by atoms with Gasteiger partial charge in [0.05, 0.1) is 0 Å². The maximum absolute atomic E-state index is 12.9. The highest BCUT2D eigenvalue weighted by Gasteiger charge is 2.03. The van der Waals surface area contributed by atoms with Crippen LogP contribution >= 0.6 is 0 Å². The van der Waals surface area contributed by atoms with Crippen LogP contribution in [0.25, 0.3) is 0 Å². The lowest BCUT2D eigenvalue weighted by Crippen LogP contribution is -2.17. The number of benzene rings is 1. The third kappa shape index (κ3) is 2.57. The molecule has 0 saturated heterocycles. The average Bonchev–Trinajstić information content (AvgIpc) is 2.30. The Bertz CT molecular complexity index is 456. The maximum atomic E-state index is 12.9. The molecule has 0 aliphatic rings. The Kier molecular flexibility index (Phi) is 3.15. The molecule has 0 saturated carbocycles. The molecule has 16 heavy (non-hydrogen) atoms. The zero-order valence-electron chi connectivity index (χ0n) is 9.10. The van der Waals surface area contributed by atoms with Gasteiger partial charge in [-0.2, -0.15) is 4.39 Å². The molecule has 1 aromatic heterocycles.